The summed E-state index contributed by atoms with van der Waals surface area (Å²) in [4.78, 5) is 10.5. The number of carbonyl (C=O) groups excluding carboxylic acids is 1. The molecular formula is C6H9NO2. The van der Waals surface area contributed by atoms with Crippen LogP contribution in [-0.4, -0.2) is 12.6 Å². The van der Waals surface area contributed by atoms with Gasteiger partial charge >= 0.3 is 5.97 Å². The van der Waals surface area contributed by atoms with Crippen molar-refractivity contribution < 1.29 is 9.53 Å². The molecule has 0 saturated heterocycles. The zero-order valence-corrected chi connectivity index (χ0v) is 5.31. The smallest absolute Gasteiger partial charge is 0.354 e. The average Bonchev–Trinajstić information content (AvgIpc) is 2.15. The Balaban J connectivity index is 2.79. The first-order valence-corrected chi connectivity index (χ1v) is 2.90. The lowest BCUT2D eigenvalue weighted by Gasteiger charge is -1.89. The van der Waals surface area contributed by atoms with Crippen LogP contribution in [0.3, 0.4) is 0 Å². The first-order chi connectivity index (χ1) is 4.25. The van der Waals surface area contributed by atoms with Gasteiger partial charge in [0.2, 0.25) is 0 Å². The van der Waals surface area contributed by atoms with Gasteiger partial charge < -0.3 is 10.5 Å². The lowest BCUT2D eigenvalue weighted by atomic mass is 10.2. The van der Waals surface area contributed by atoms with Gasteiger partial charge in [-0.2, -0.15) is 0 Å². The van der Waals surface area contributed by atoms with Crippen molar-refractivity contribution in [1.29, 1.82) is 0 Å². The molecule has 3 nitrogen and oxygen atoms in total. The molecule has 9 heavy (non-hydrogen) atoms. The molecule has 3 heteroatoms. The predicted molar refractivity (Wildman–Crippen MR) is 32.5 cm³/mol. The molecule has 1 aliphatic rings. The van der Waals surface area contributed by atoms with Crippen molar-refractivity contribution in [3.63, 3.8) is 0 Å². The molecular weight excluding hydrogens is 118 g/mol. The molecule has 1 rings (SSSR count). The number of hydrogen-bond acceptors (Lipinski definition) is 3. The van der Waals surface area contributed by atoms with E-state index in [0.717, 1.165) is 12.0 Å². The molecule has 0 aromatic rings. The summed E-state index contributed by atoms with van der Waals surface area (Å²) in [7, 11) is 0. The maximum atomic E-state index is 10.5. The van der Waals surface area contributed by atoms with Gasteiger partial charge in [-0.15, -0.1) is 0 Å². The summed E-state index contributed by atoms with van der Waals surface area (Å²) in [5.74, 6) is -0.369. The fourth-order valence-corrected chi connectivity index (χ4v) is 0.745. The highest BCUT2D eigenvalue weighted by Crippen LogP contribution is 2.13. The molecule has 0 unspecified atom stereocenters. The van der Waals surface area contributed by atoms with Crippen molar-refractivity contribution in [3.8, 4) is 0 Å². The minimum atomic E-state index is -0.369. The molecule has 1 heterocycles. The minimum absolute atomic E-state index is 0.303. The number of carbonyl (C=O) groups is 1. The van der Waals surface area contributed by atoms with Crippen molar-refractivity contribution in [2.45, 2.75) is 13.3 Å². The van der Waals surface area contributed by atoms with Crippen LogP contribution in [-0.2, 0) is 9.53 Å². The molecule has 0 aromatic heterocycles. The van der Waals surface area contributed by atoms with Gasteiger partial charge in [0.25, 0.3) is 0 Å². The number of hydrogen-bond donors (Lipinski definition) is 1. The van der Waals surface area contributed by atoms with Crippen LogP contribution in [0, 0.1) is 0 Å². The highest BCUT2D eigenvalue weighted by Gasteiger charge is 2.19. The van der Waals surface area contributed by atoms with Crippen molar-refractivity contribution in [3.05, 3.63) is 11.3 Å². The van der Waals surface area contributed by atoms with Crippen LogP contribution in [0.25, 0.3) is 0 Å². The second-order valence-electron chi connectivity index (χ2n) is 1.95. The maximum Gasteiger partial charge on any atom is 0.354 e. The standard InChI is InChI=1S/C6H9NO2/c1-2-4-3-9-6(8)5(4)7/h2-3,7H2,1H3. The van der Waals surface area contributed by atoms with E-state index in [1.54, 1.807) is 0 Å². The second-order valence-corrected chi connectivity index (χ2v) is 1.95. The molecule has 0 spiro atoms. The molecule has 0 atom stereocenters. The molecule has 0 aromatic carbocycles. The fraction of sp³-hybridized carbons (Fsp3) is 0.500. The largest absolute Gasteiger partial charge is 0.456 e. The number of rotatable bonds is 1. The predicted octanol–water partition coefficient (Wildman–Crippen LogP) is 0.166. The molecule has 1 aliphatic heterocycles. The molecule has 0 radical (unpaired) electrons. The van der Waals surface area contributed by atoms with E-state index in [1.807, 2.05) is 6.92 Å². The summed E-state index contributed by atoms with van der Waals surface area (Å²) in [6, 6.07) is 0. The summed E-state index contributed by atoms with van der Waals surface area (Å²) in [6.07, 6.45) is 0.803. The Hall–Kier alpha value is -0.990. The van der Waals surface area contributed by atoms with E-state index in [9.17, 15) is 4.79 Å². The Morgan fingerprint density at radius 3 is 2.67 bits per heavy atom. The highest BCUT2D eigenvalue weighted by molar-refractivity contribution is 5.90. The zero-order valence-electron chi connectivity index (χ0n) is 5.31. The zero-order chi connectivity index (χ0) is 6.85. The van der Waals surface area contributed by atoms with Gasteiger partial charge in [0.15, 0.2) is 0 Å². The first-order valence-electron chi connectivity index (χ1n) is 2.90. The Morgan fingerprint density at radius 1 is 1.78 bits per heavy atom. The van der Waals surface area contributed by atoms with E-state index < -0.39 is 0 Å². The Bertz CT molecular complexity index is 172. The van der Waals surface area contributed by atoms with Gasteiger partial charge in [-0.05, 0) is 12.0 Å². The van der Waals surface area contributed by atoms with Crippen LogP contribution >= 0.6 is 0 Å². The van der Waals surface area contributed by atoms with E-state index in [-0.39, 0.29) is 5.97 Å². The van der Waals surface area contributed by atoms with Crippen molar-refractivity contribution in [2.24, 2.45) is 5.73 Å². The molecule has 50 valence electrons. The van der Waals surface area contributed by atoms with Crippen LogP contribution in [0.1, 0.15) is 13.3 Å². The molecule has 0 amide bonds. The van der Waals surface area contributed by atoms with Crippen LogP contribution in [0.5, 0.6) is 0 Å². The summed E-state index contributed by atoms with van der Waals surface area (Å²) in [6.45, 7) is 2.34. The molecule has 0 fully saturated rings. The highest BCUT2D eigenvalue weighted by atomic mass is 16.5. The second kappa shape index (κ2) is 2.09. The monoisotopic (exact) mass is 127 g/mol. The van der Waals surface area contributed by atoms with Gasteiger partial charge in [0, 0.05) is 0 Å². The maximum absolute atomic E-state index is 10.5. The lowest BCUT2D eigenvalue weighted by molar-refractivity contribution is -0.136. The SMILES string of the molecule is CCC1=C(N)C(=O)OC1. The van der Waals surface area contributed by atoms with Crippen LogP contribution in [0.2, 0.25) is 0 Å². The van der Waals surface area contributed by atoms with Gasteiger partial charge in [-0.3, -0.25) is 0 Å². The summed E-state index contributed by atoms with van der Waals surface area (Å²) >= 11 is 0. The molecule has 0 saturated carbocycles. The Morgan fingerprint density at radius 2 is 2.44 bits per heavy atom. The van der Waals surface area contributed by atoms with Crippen LogP contribution in [0.4, 0.5) is 0 Å². The van der Waals surface area contributed by atoms with Crippen molar-refractivity contribution in [2.75, 3.05) is 6.61 Å². The Kier molecular flexibility index (Phi) is 1.42. The third-order valence-corrected chi connectivity index (χ3v) is 1.41. The van der Waals surface area contributed by atoms with E-state index in [4.69, 9.17) is 5.73 Å². The van der Waals surface area contributed by atoms with Crippen molar-refractivity contribution >= 4 is 5.97 Å². The Labute approximate surface area is 53.5 Å². The van der Waals surface area contributed by atoms with E-state index in [1.165, 1.54) is 0 Å². The molecule has 0 bridgehead atoms. The molecule has 0 aliphatic carbocycles. The average molecular weight is 127 g/mol. The third kappa shape index (κ3) is 0.896. The van der Waals surface area contributed by atoms with Gasteiger partial charge in [-0.25, -0.2) is 4.79 Å². The lowest BCUT2D eigenvalue weighted by Crippen LogP contribution is -2.07. The topological polar surface area (TPSA) is 52.3 Å². The summed E-state index contributed by atoms with van der Waals surface area (Å²) < 4.78 is 4.63. The number of ether oxygens (including phenoxy) is 1. The summed E-state index contributed by atoms with van der Waals surface area (Å²) in [5.41, 5.74) is 6.56. The molecule has 2 N–H and O–H groups in total. The fourth-order valence-electron chi connectivity index (χ4n) is 0.745. The normalized spacial score (nSPS) is 18.6. The van der Waals surface area contributed by atoms with E-state index in [2.05, 4.69) is 4.74 Å². The van der Waals surface area contributed by atoms with Crippen molar-refractivity contribution in [1.82, 2.24) is 0 Å². The van der Waals surface area contributed by atoms with Gasteiger partial charge in [-0.1, -0.05) is 6.92 Å². The van der Waals surface area contributed by atoms with E-state index in [0.29, 0.717) is 12.3 Å². The van der Waals surface area contributed by atoms with E-state index >= 15 is 0 Å². The number of esters is 1. The third-order valence-electron chi connectivity index (χ3n) is 1.41. The number of nitrogens with two attached hydrogens (primary N) is 1. The number of cyclic esters (lactones) is 1. The van der Waals surface area contributed by atoms with Crippen LogP contribution < -0.4 is 5.73 Å². The van der Waals surface area contributed by atoms with Crippen LogP contribution in [0.15, 0.2) is 11.3 Å². The summed E-state index contributed by atoms with van der Waals surface area (Å²) in [5, 5.41) is 0. The minimum Gasteiger partial charge on any atom is -0.456 e. The first kappa shape index (κ1) is 6.13. The quantitative estimate of drug-likeness (QED) is 0.511. The van der Waals surface area contributed by atoms with Gasteiger partial charge in [0.05, 0.1) is 0 Å². The van der Waals surface area contributed by atoms with Gasteiger partial charge in [0.1, 0.15) is 12.3 Å².